The monoisotopic (exact) mass is 491 g/mol. The van der Waals surface area contributed by atoms with Crippen LogP contribution in [0, 0.1) is 0 Å². The van der Waals surface area contributed by atoms with Gasteiger partial charge in [-0.2, -0.15) is 0 Å². The van der Waals surface area contributed by atoms with E-state index in [0.717, 1.165) is 15.8 Å². The Balaban J connectivity index is 1.28. The van der Waals surface area contributed by atoms with Gasteiger partial charge in [0.15, 0.2) is 0 Å². The molecular formula is C24H21F4N3O2S. The molecule has 0 radical (unpaired) electrons. The minimum Gasteiger partial charge on any atom is -0.349 e. The quantitative estimate of drug-likeness (QED) is 0.480. The van der Waals surface area contributed by atoms with Crippen molar-refractivity contribution in [3.05, 3.63) is 64.2 Å². The summed E-state index contributed by atoms with van der Waals surface area (Å²) in [5.41, 5.74) is 2.95. The molecule has 178 valence electrons. The number of pyridine rings is 1. The molecule has 2 aromatic heterocycles. The summed E-state index contributed by atoms with van der Waals surface area (Å²) in [5.74, 6) is -6.29. The van der Waals surface area contributed by atoms with Gasteiger partial charge in [-0.15, -0.1) is 11.3 Å². The van der Waals surface area contributed by atoms with Crippen molar-refractivity contribution >= 4 is 33.4 Å². The summed E-state index contributed by atoms with van der Waals surface area (Å²) in [6, 6.07) is 9.23. The Hall–Kier alpha value is -3.01. The van der Waals surface area contributed by atoms with Crippen LogP contribution in [0.4, 0.5) is 17.6 Å². The molecule has 1 aromatic carbocycles. The van der Waals surface area contributed by atoms with E-state index in [2.05, 4.69) is 15.6 Å². The van der Waals surface area contributed by atoms with Gasteiger partial charge in [0.1, 0.15) is 5.69 Å². The van der Waals surface area contributed by atoms with Gasteiger partial charge in [0.25, 0.3) is 23.7 Å². The molecular weight excluding hydrogens is 470 g/mol. The number of carbonyl (C=O) groups excluding carboxylic acids is 2. The molecule has 2 saturated carbocycles. The largest absolute Gasteiger partial charge is 0.349 e. The van der Waals surface area contributed by atoms with Crippen molar-refractivity contribution in [2.75, 3.05) is 0 Å². The predicted molar refractivity (Wildman–Crippen MR) is 120 cm³/mol. The van der Waals surface area contributed by atoms with Gasteiger partial charge in [-0.3, -0.25) is 9.59 Å². The van der Waals surface area contributed by atoms with Crippen LogP contribution in [-0.4, -0.2) is 40.7 Å². The molecule has 0 saturated heterocycles. The zero-order chi connectivity index (χ0) is 24.1. The lowest BCUT2D eigenvalue weighted by Gasteiger charge is -2.35. The molecule has 2 amide bonds. The number of rotatable bonds is 6. The third-order valence-electron chi connectivity index (χ3n) is 6.18. The Morgan fingerprint density at radius 2 is 1.50 bits per heavy atom. The summed E-state index contributed by atoms with van der Waals surface area (Å²) >= 11 is 1.49. The Morgan fingerprint density at radius 1 is 0.912 bits per heavy atom. The van der Waals surface area contributed by atoms with Crippen molar-refractivity contribution in [3.8, 4) is 0 Å². The number of thiophene rings is 1. The van der Waals surface area contributed by atoms with E-state index in [0.29, 0.717) is 17.5 Å². The number of amides is 2. The fourth-order valence-electron chi connectivity index (χ4n) is 4.32. The molecule has 3 aromatic rings. The van der Waals surface area contributed by atoms with E-state index in [1.807, 2.05) is 5.38 Å². The van der Waals surface area contributed by atoms with E-state index in [9.17, 15) is 27.2 Å². The Kier molecular flexibility index (Phi) is 5.58. The van der Waals surface area contributed by atoms with Gasteiger partial charge in [0, 0.05) is 43.3 Å². The minimum absolute atomic E-state index is 0.171. The lowest BCUT2D eigenvalue weighted by molar-refractivity contribution is -0.0910. The minimum atomic E-state index is -2.72. The average molecular weight is 492 g/mol. The van der Waals surface area contributed by atoms with Gasteiger partial charge in [0.2, 0.25) is 0 Å². The highest BCUT2D eigenvalue weighted by atomic mass is 32.1. The number of hydrogen-bond donors (Lipinski definition) is 2. The Morgan fingerprint density at radius 3 is 2.09 bits per heavy atom. The highest BCUT2D eigenvalue weighted by molar-refractivity contribution is 7.17. The van der Waals surface area contributed by atoms with E-state index in [1.165, 1.54) is 11.3 Å². The van der Waals surface area contributed by atoms with Crippen LogP contribution in [0.3, 0.4) is 0 Å². The number of alkyl halides is 4. The second kappa shape index (κ2) is 8.33. The first-order valence-corrected chi connectivity index (χ1v) is 11.8. The topological polar surface area (TPSA) is 71.1 Å². The highest BCUT2D eigenvalue weighted by Gasteiger charge is 2.46. The van der Waals surface area contributed by atoms with Crippen molar-refractivity contribution in [3.63, 3.8) is 0 Å². The first kappa shape index (κ1) is 22.8. The van der Waals surface area contributed by atoms with E-state index >= 15 is 0 Å². The first-order valence-electron chi connectivity index (χ1n) is 10.9. The molecule has 0 spiro atoms. The summed E-state index contributed by atoms with van der Waals surface area (Å²) in [5, 5.41) is 7.10. The molecule has 2 fully saturated rings. The maximum absolute atomic E-state index is 13.1. The second-order valence-corrected chi connectivity index (χ2v) is 9.96. The zero-order valence-electron chi connectivity index (χ0n) is 17.9. The smallest absolute Gasteiger partial charge is 0.270 e. The molecule has 0 aliphatic heterocycles. The zero-order valence-corrected chi connectivity index (χ0v) is 18.7. The third kappa shape index (κ3) is 4.77. The number of nitrogens with one attached hydrogen (secondary N) is 2. The summed E-state index contributed by atoms with van der Waals surface area (Å²) in [4.78, 5) is 29.3. The van der Waals surface area contributed by atoms with Crippen LogP contribution < -0.4 is 10.6 Å². The van der Waals surface area contributed by atoms with Gasteiger partial charge in [0.05, 0.1) is 10.2 Å². The standard InChI is InChI=1S/C24H21F4N3O2S/c25-23(26)9-16(10-23)29-21(32)14-3-1-13(2-4-14)7-15-8-19(31-18-5-6-34-20(15)18)22(33)30-17-11-24(27,28)12-17/h1-6,8,16-17H,7,9-12H2,(H,29,32)(H,30,33). The van der Waals surface area contributed by atoms with Crippen LogP contribution in [0.5, 0.6) is 0 Å². The maximum atomic E-state index is 13.1. The van der Waals surface area contributed by atoms with Gasteiger partial charge in [-0.05, 0) is 47.2 Å². The third-order valence-corrected chi connectivity index (χ3v) is 7.16. The molecule has 2 heterocycles. The fourth-order valence-corrected chi connectivity index (χ4v) is 5.17. The van der Waals surface area contributed by atoms with E-state index < -0.39 is 35.7 Å². The van der Waals surface area contributed by atoms with Gasteiger partial charge in [-0.25, -0.2) is 22.5 Å². The van der Waals surface area contributed by atoms with Crippen molar-refractivity contribution in [1.82, 2.24) is 15.6 Å². The lowest BCUT2D eigenvalue weighted by atomic mass is 9.88. The Labute approximate surface area is 196 Å². The molecule has 10 heteroatoms. The summed E-state index contributed by atoms with van der Waals surface area (Å²) < 4.78 is 53.0. The van der Waals surface area contributed by atoms with Gasteiger partial charge >= 0.3 is 0 Å². The second-order valence-electron chi connectivity index (χ2n) is 9.04. The number of carbonyl (C=O) groups is 2. The molecule has 2 N–H and O–H groups in total. The highest BCUT2D eigenvalue weighted by Crippen LogP contribution is 2.38. The summed E-state index contributed by atoms with van der Waals surface area (Å²) in [7, 11) is 0. The van der Waals surface area contributed by atoms with E-state index in [4.69, 9.17) is 0 Å². The van der Waals surface area contributed by atoms with Gasteiger partial charge in [-0.1, -0.05) is 12.1 Å². The summed E-state index contributed by atoms with van der Waals surface area (Å²) in [6.07, 6.45) is -0.938. The van der Waals surface area contributed by atoms with E-state index in [-0.39, 0.29) is 31.4 Å². The number of aromatic nitrogens is 1. The number of benzene rings is 1. The predicted octanol–water partition coefficient (Wildman–Crippen LogP) is 4.94. The number of hydrogen-bond acceptors (Lipinski definition) is 4. The van der Waals surface area contributed by atoms with Crippen LogP contribution in [0.15, 0.2) is 41.8 Å². The van der Waals surface area contributed by atoms with Gasteiger partial charge < -0.3 is 10.6 Å². The Bertz CT molecular complexity index is 1240. The van der Waals surface area contributed by atoms with Crippen molar-refractivity contribution in [2.45, 2.75) is 56.0 Å². The van der Waals surface area contributed by atoms with Crippen LogP contribution in [0.25, 0.3) is 10.2 Å². The maximum Gasteiger partial charge on any atom is 0.270 e. The van der Waals surface area contributed by atoms with E-state index in [1.54, 1.807) is 36.4 Å². The average Bonchev–Trinajstić information content (AvgIpc) is 3.20. The fraction of sp³-hybridized carbons (Fsp3) is 0.375. The molecule has 2 aliphatic rings. The molecule has 0 bridgehead atoms. The number of nitrogens with zero attached hydrogens (tertiary/aromatic N) is 1. The molecule has 5 rings (SSSR count). The van der Waals surface area contributed by atoms with Crippen LogP contribution in [-0.2, 0) is 6.42 Å². The SMILES string of the molecule is O=C(NC1CC(F)(F)C1)c1ccc(Cc2cc(C(=O)NC3CC(F)(F)C3)nc3ccsc23)cc1. The van der Waals surface area contributed by atoms with Crippen molar-refractivity contribution < 1.29 is 27.2 Å². The molecule has 0 atom stereocenters. The first-order chi connectivity index (χ1) is 16.1. The van der Waals surface area contributed by atoms with Crippen molar-refractivity contribution in [2.24, 2.45) is 0 Å². The molecule has 34 heavy (non-hydrogen) atoms. The summed E-state index contributed by atoms with van der Waals surface area (Å²) in [6.45, 7) is 0. The number of fused-ring (bicyclic) bond motifs is 1. The lowest BCUT2D eigenvalue weighted by Crippen LogP contribution is -2.50. The molecule has 0 unspecified atom stereocenters. The number of halogens is 4. The van der Waals surface area contributed by atoms with Crippen LogP contribution in [0.2, 0.25) is 0 Å². The normalized spacial score (nSPS) is 19.3. The van der Waals surface area contributed by atoms with Crippen molar-refractivity contribution in [1.29, 1.82) is 0 Å². The van der Waals surface area contributed by atoms with Crippen LogP contribution in [0.1, 0.15) is 57.7 Å². The molecule has 2 aliphatic carbocycles. The van der Waals surface area contributed by atoms with Crippen LogP contribution >= 0.6 is 11.3 Å². The molecule has 5 nitrogen and oxygen atoms in total.